The van der Waals surface area contributed by atoms with Crippen LogP contribution in [0.2, 0.25) is 0 Å². The summed E-state index contributed by atoms with van der Waals surface area (Å²) < 4.78 is 2.55. The molecule has 1 N–H and O–H groups in total. The molecule has 1 aliphatic rings. The molecule has 0 radical (unpaired) electrons. The van der Waals surface area contributed by atoms with Gasteiger partial charge in [0.25, 0.3) is 0 Å². The van der Waals surface area contributed by atoms with Crippen LogP contribution in [0.5, 0.6) is 0 Å². The van der Waals surface area contributed by atoms with Crippen LogP contribution in [0.3, 0.4) is 0 Å². The number of para-hydroxylation sites is 1. The van der Waals surface area contributed by atoms with Crippen molar-refractivity contribution in [1.29, 1.82) is 0 Å². The van der Waals surface area contributed by atoms with Gasteiger partial charge < -0.3 is 0 Å². The Morgan fingerprint density at radius 2 is 1.82 bits per heavy atom. The first-order chi connectivity index (χ1) is 16.2. The number of nitrogens with zero attached hydrogens (tertiary/aromatic N) is 3. The van der Waals surface area contributed by atoms with Crippen LogP contribution in [0.1, 0.15) is 34.5 Å². The number of hydrogen-bond donors (Lipinski definition) is 1. The molecule has 8 heteroatoms. The van der Waals surface area contributed by atoms with Gasteiger partial charge in [-0.1, -0.05) is 71.6 Å². The number of thioether (sulfide) groups is 1. The minimum Gasteiger partial charge on any atom is -0.297 e. The second-order valence-corrected chi connectivity index (χ2v) is 9.97. The fourth-order valence-electron chi connectivity index (χ4n) is 4.17. The number of anilines is 1. The number of aromatic nitrogens is 3. The molecule has 2 heterocycles. The number of hydrogen-bond acceptors (Lipinski definition) is 6. The lowest BCUT2D eigenvalue weighted by atomic mass is 9.96. The Balaban J connectivity index is 1.24. The number of amides is 1. The van der Waals surface area contributed by atoms with Crippen molar-refractivity contribution in [3.05, 3.63) is 77.5 Å². The topological polar surface area (TPSA) is 76.9 Å². The second kappa shape index (κ2) is 9.72. The highest BCUT2D eigenvalue weighted by Crippen LogP contribution is 2.33. The van der Waals surface area contributed by atoms with Crippen molar-refractivity contribution in [2.45, 2.75) is 30.0 Å². The Bertz CT molecular complexity index is 1340. The van der Waals surface area contributed by atoms with E-state index in [1.54, 1.807) is 6.08 Å². The van der Waals surface area contributed by atoms with Gasteiger partial charge in [-0.3, -0.25) is 19.5 Å². The largest absolute Gasteiger partial charge is 0.297 e. The van der Waals surface area contributed by atoms with Crippen LogP contribution in [-0.2, 0) is 17.6 Å². The van der Waals surface area contributed by atoms with Gasteiger partial charge in [-0.05, 0) is 49.0 Å². The van der Waals surface area contributed by atoms with E-state index in [0.29, 0.717) is 9.47 Å². The lowest BCUT2D eigenvalue weighted by molar-refractivity contribution is -0.111. The molecule has 1 aliphatic carbocycles. The third-order valence-corrected chi connectivity index (χ3v) is 7.57. The first-order valence-electron chi connectivity index (χ1n) is 10.8. The highest BCUT2D eigenvalue weighted by Gasteiger charge is 2.23. The van der Waals surface area contributed by atoms with Crippen LogP contribution < -0.4 is 5.32 Å². The van der Waals surface area contributed by atoms with Gasteiger partial charge in [-0.25, -0.2) is 0 Å². The van der Waals surface area contributed by atoms with Gasteiger partial charge in [-0.15, -0.1) is 10.2 Å². The Morgan fingerprint density at radius 3 is 2.70 bits per heavy atom. The highest BCUT2D eigenvalue weighted by atomic mass is 32.2. The van der Waals surface area contributed by atoms with E-state index in [1.165, 1.54) is 46.5 Å². The van der Waals surface area contributed by atoms with Crippen LogP contribution >= 0.6 is 23.1 Å². The van der Waals surface area contributed by atoms with Crippen molar-refractivity contribution >= 4 is 57.0 Å². The molecule has 2 aromatic heterocycles. The number of carbonyl (C=O) groups excluding carboxylic acids is 2. The zero-order valence-corrected chi connectivity index (χ0v) is 19.5. The SMILES string of the molecule is O=C(/C=C/c1ccccc1)Nc1nnc(SCC(=O)n2c3c(c4ccccc42)CCCC3)s1. The fraction of sp³-hybridized carbons (Fsp3) is 0.200. The Hall–Kier alpha value is -3.23. The predicted octanol–water partition coefficient (Wildman–Crippen LogP) is 5.46. The Morgan fingerprint density at radius 1 is 1.03 bits per heavy atom. The highest BCUT2D eigenvalue weighted by molar-refractivity contribution is 8.01. The van der Waals surface area contributed by atoms with Crippen molar-refractivity contribution in [1.82, 2.24) is 14.8 Å². The second-order valence-electron chi connectivity index (χ2n) is 7.77. The zero-order valence-electron chi connectivity index (χ0n) is 17.9. The molecular weight excluding hydrogens is 452 g/mol. The fourth-order valence-corrected chi connectivity index (χ4v) is 5.77. The number of rotatable bonds is 6. The first kappa shape index (κ1) is 21.6. The van der Waals surface area contributed by atoms with E-state index in [9.17, 15) is 9.59 Å². The van der Waals surface area contributed by atoms with Crippen molar-refractivity contribution < 1.29 is 9.59 Å². The predicted molar refractivity (Wildman–Crippen MR) is 134 cm³/mol. The maximum absolute atomic E-state index is 13.2. The molecule has 33 heavy (non-hydrogen) atoms. The van der Waals surface area contributed by atoms with Crippen molar-refractivity contribution in [2.24, 2.45) is 0 Å². The summed E-state index contributed by atoms with van der Waals surface area (Å²) in [5.74, 6) is 0.0423. The summed E-state index contributed by atoms with van der Waals surface area (Å²) in [6.45, 7) is 0. The van der Waals surface area contributed by atoms with E-state index < -0.39 is 0 Å². The molecular formula is C25H22N4O2S2. The zero-order chi connectivity index (χ0) is 22.6. The van der Waals surface area contributed by atoms with Crippen LogP contribution in [0.15, 0.2) is 65.0 Å². The van der Waals surface area contributed by atoms with Crippen molar-refractivity contribution in [3.8, 4) is 0 Å². The lowest BCUT2D eigenvalue weighted by Gasteiger charge is -2.14. The standard InChI is InChI=1S/C25H22N4O2S2/c30-22(15-14-17-8-2-1-3-9-17)26-24-27-28-25(33-24)32-16-23(31)29-20-12-6-4-10-18(20)19-11-5-7-13-21(19)29/h1-4,6,8-10,12,14-15H,5,7,11,13,16H2,(H,26,27,30)/b15-14+. The van der Waals surface area contributed by atoms with Gasteiger partial charge in [0, 0.05) is 17.2 Å². The van der Waals surface area contributed by atoms with Crippen LogP contribution in [0, 0.1) is 0 Å². The minimum absolute atomic E-state index is 0.0472. The molecule has 166 valence electrons. The van der Waals surface area contributed by atoms with Gasteiger partial charge in [0.1, 0.15) is 0 Å². The van der Waals surface area contributed by atoms with Crippen LogP contribution in [0.4, 0.5) is 5.13 Å². The maximum atomic E-state index is 13.2. The molecule has 0 fully saturated rings. The summed E-state index contributed by atoms with van der Waals surface area (Å²) in [5.41, 5.74) is 4.41. The quantitative estimate of drug-likeness (QED) is 0.228. The number of nitrogens with one attached hydrogen (secondary N) is 1. The monoisotopic (exact) mass is 474 g/mol. The number of aryl methyl sites for hydroxylation is 1. The first-order valence-corrected chi connectivity index (χ1v) is 12.6. The molecule has 0 unspecified atom stereocenters. The van der Waals surface area contributed by atoms with Crippen LogP contribution in [-0.4, -0.2) is 32.3 Å². The minimum atomic E-state index is -0.270. The number of carbonyl (C=O) groups is 2. The molecule has 2 aromatic carbocycles. The van der Waals surface area contributed by atoms with Crippen molar-refractivity contribution in [2.75, 3.05) is 11.1 Å². The van der Waals surface area contributed by atoms with Gasteiger partial charge in [0.05, 0.1) is 11.3 Å². The molecule has 0 bridgehead atoms. The average molecular weight is 475 g/mol. The Labute approximate surface area is 199 Å². The lowest BCUT2D eigenvalue weighted by Crippen LogP contribution is -2.18. The summed E-state index contributed by atoms with van der Waals surface area (Å²) in [7, 11) is 0. The van der Waals surface area contributed by atoms with E-state index in [4.69, 9.17) is 0 Å². The summed E-state index contributed by atoms with van der Waals surface area (Å²) in [4.78, 5) is 25.3. The molecule has 4 aromatic rings. The molecule has 0 saturated carbocycles. The van der Waals surface area contributed by atoms with E-state index in [0.717, 1.165) is 36.0 Å². The van der Waals surface area contributed by atoms with E-state index >= 15 is 0 Å². The molecule has 5 rings (SSSR count). The van der Waals surface area contributed by atoms with E-state index in [-0.39, 0.29) is 17.6 Å². The number of fused-ring (bicyclic) bond motifs is 3. The molecule has 0 saturated heterocycles. The van der Waals surface area contributed by atoms with Gasteiger partial charge in [0.2, 0.25) is 16.9 Å². The van der Waals surface area contributed by atoms with Gasteiger partial charge in [0.15, 0.2) is 4.34 Å². The molecule has 0 aliphatic heterocycles. The third-order valence-electron chi connectivity index (χ3n) is 5.61. The summed E-state index contributed by atoms with van der Waals surface area (Å²) >= 11 is 2.62. The smallest absolute Gasteiger partial charge is 0.250 e. The Kier molecular flexibility index (Phi) is 6.37. The maximum Gasteiger partial charge on any atom is 0.250 e. The van der Waals surface area contributed by atoms with E-state index in [1.807, 2.05) is 53.1 Å². The molecule has 0 atom stereocenters. The summed E-state index contributed by atoms with van der Waals surface area (Å²) in [5, 5.41) is 12.5. The third kappa shape index (κ3) is 4.77. The normalized spacial score (nSPS) is 13.3. The van der Waals surface area contributed by atoms with Crippen molar-refractivity contribution in [3.63, 3.8) is 0 Å². The van der Waals surface area contributed by atoms with Crippen LogP contribution in [0.25, 0.3) is 17.0 Å². The molecule has 1 amide bonds. The number of benzene rings is 2. The van der Waals surface area contributed by atoms with E-state index in [2.05, 4.69) is 21.6 Å². The van der Waals surface area contributed by atoms with Gasteiger partial charge in [-0.2, -0.15) is 0 Å². The molecule has 6 nitrogen and oxygen atoms in total. The van der Waals surface area contributed by atoms with Gasteiger partial charge >= 0.3 is 0 Å². The molecule has 0 spiro atoms. The summed E-state index contributed by atoms with van der Waals surface area (Å²) in [6.07, 6.45) is 7.46. The average Bonchev–Trinajstić information content (AvgIpc) is 3.44. The summed E-state index contributed by atoms with van der Waals surface area (Å²) in [6, 6.07) is 17.8.